The lowest BCUT2D eigenvalue weighted by Gasteiger charge is -2.05. The first kappa shape index (κ1) is 15.4. The van der Waals surface area contributed by atoms with Gasteiger partial charge in [-0.25, -0.2) is 4.79 Å². The van der Waals surface area contributed by atoms with E-state index in [0.717, 1.165) is 0 Å². The maximum Gasteiger partial charge on any atom is 0.422 e. The van der Waals surface area contributed by atoms with Gasteiger partial charge in [-0.05, 0) is 13.0 Å². The number of nitrogens with zero attached hydrogens (tertiary/aromatic N) is 2. The molecule has 0 fully saturated rings. The Kier molecular flexibility index (Phi) is 4.96. The number of esters is 1. The zero-order valence-corrected chi connectivity index (χ0v) is 12.0. The zero-order valence-electron chi connectivity index (χ0n) is 12.0. The van der Waals surface area contributed by atoms with Crippen molar-refractivity contribution in [1.82, 2.24) is 0 Å². The molecule has 0 aliphatic rings. The number of ketones is 1. The van der Waals surface area contributed by atoms with Gasteiger partial charge in [-0.3, -0.25) is 4.79 Å². The van der Waals surface area contributed by atoms with Crippen LogP contribution >= 0.6 is 0 Å². The van der Waals surface area contributed by atoms with Crippen LogP contribution in [0.3, 0.4) is 0 Å². The van der Waals surface area contributed by atoms with Crippen molar-refractivity contribution in [2.45, 2.75) is 6.92 Å². The number of hydrogen-bond donors (Lipinski definition) is 0. The normalized spacial score (nSPS) is 9.68. The second kappa shape index (κ2) is 7.11. The summed E-state index contributed by atoms with van der Waals surface area (Å²) < 4.78 is 4.85. The van der Waals surface area contributed by atoms with E-state index in [9.17, 15) is 9.59 Å². The highest BCUT2D eigenvalue weighted by Crippen LogP contribution is 2.15. The largest absolute Gasteiger partial charge is 0.457 e. The van der Waals surface area contributed by atoms with Crippen molar-refractivity contribution in [2.75, 3.05) is 6.61 Å². The summed E-state index contributed by atoms with van der Waals surface area (Å²) in [6.45, 7) is 1.79. The van der Waals surface area contributed by atoms with E-state index in [1.165, 1.54) is 0 Å². The van der Waals surface area contributed by atoms with Crippen LogP contribution in [0.15, 0.2) is 54.6 Å². The highest BCUT2D eigenvalue weighted by Gasteiger charge is 2.29. The predicted molar refractivity (Wildman–Crippen MR) is 80.7 cm³/mol. The Balaban J connectivity index is 2.49. The molecule has 2 aromatic carbocycles. The van der Waals surface area contributed by atoms with Gasteiger partial charge in [-0.1, -0.05) is 48.5 Å². The second-order valence-electron chi connectivity index (χ2n) is 4.41. The summed E-state index contributed by atoms with van der Waals surface area (Å²) in [5.41, 5.74) is 9.83. The van der Waals surface area contributed by atoms with E-state index in [1.54, 1.807) is 55.5 Å². The van der Waals surface area contributed by atoms with E-state index in [2.05, 4.69) is 4.79 Å². The van der Waals surface area contributed by atoms with Gasteiger partial charge >= 0.3 is 11.7 Å². The monoisotopic (exact) mass is 294 g/mol. The maximum atomic E-state index is 12.6. The molecule has 0 radical (unpaired) electrons. The Labute approximate surface area is 127 Å². The van der Waals surface area contributed by atoms with Crippen LogP contribution in [0.1, 0.15) is 28.4 Å². The number of carbonyl (C=O) groups excluding carboxylic acids is 2. The van der Waals surface area contributed by atoms with E-state index in [0.29, 0.717) is 5.56 Å². The quantitative estimate of drug-likeness (QED) is 0.279. The fraction of sp³-hybridized carbons (Fsp3) is 0.118. The van der Waals surface area contributed by atoms with Gasteiger partial charge in [-0.2, -0.15) is 4.79 Å². The Hall–Kier alpha value is -3.04. The Morgan fingerprint density at radius 2 is 1.59 bits per heavy atom. The lowest BCUT2D eigenvalue weighted by molar-refractivity contribution is -0.139. The molecule has 0 atom stereocenters. The number of benzene rings is 2. The number of hydrogen-bond acceptors (Lipinski definition) is 3. The van der Waals surface area contributed by atoms with Crippen molar-refractivity contribution >= 4 is 17.5 Å². The fourth-order valence-corrected chi connectivity index (χ4v) is 2.04. The second-order valence-corrected chi connectivity index (χ2v) is 4.41. The number of carbonyl (C=O) groups is 2. The third-order valence-corrected chi connectivity index (χ3v) is 3.03. The molecule has 5 heteroatoms. The van der Waals surface area contributed by atoms with E-state index >= 15 is 0 Å². The molecule has 0 N–H and O–H groups in total. The van der Waals surface area contributed by atoms with Crippen LogP contribution in [-0.4, -0.2) is 28.9 Å². The molecule has 0 aromatic heterocycles. The fourth-order valence-electron chi connectivity index (χ4n) is 2.04. The molecule has 0 unspecified atom stereocenters. The molecular formula is C17H14N2O3. The van der Waals surface area contributed by atoms with E-state index < -0.39 is 5.97 Å². The van der Waals surface area contributed by atoms with E-state index in [-0.39, 0.29) is 29.2 Å². The summed E-state index contributed by atoms with van der Waals surface area (Å²) >= 11 is 0. The van der Waals surface area contributed by atoms with Crippen molar-refractivity contribution < 1.29 is 19.1 Å². The molecule has 0 amide bonds. The topological polar surface area (TPSA) is 79.8 Å². The summed E-state index contributed by atoms with van der Waals surface area (Å²) in [5, 5.41) is 0. The van der Waals surface area contributed by atoms with Gasteiger partial charge in [0.05, 0.1) is 12.2 Å². The maximum absolute atomic E-state index is 12.6. The first-order valence-electron chi connectivity index (χ1n) is 6.77. The molecular weight excluding hydrogens is 280 g/mol. The van der Waals surface area contributed by atoms with Crippen LogP contribution in [0, 0.1) is 0 Å². The lowest BCUT2D eigenvalue weighted by atomic mass is 9.96. The van der Waals surface area contributed by atoms with Gasteiger partial charge in [0, 0.05) is 11.1 Å². The number of ether oxygens (including phenoxy) is 1. The van der Waals surface area contributed by atoms with Crippen LogP contribution < -0.4 is 0 Å². The molecule has 2 aromatic rings. The summed E-state index contributed by atoms with van der Waals surface area (Å²) in [5.74, 6) is -1.04. The molecule has 22 heavy (non-hydrogen) atoms. The van der Waals surface area contributed by atoms with Crippen molar-refractivity contribution in [3.8, 4) is 0 Å². The van der Waals surface area contributed by atoms with Crippen LogP contribution in [0.5, 0.6) is 0 Å². The standard InChI is InChI=1S/C17H14N2O3/c1-2-22-17(21)15(19-18)13-10-6-7-11-14(13)16(20)12-8-4-3-5-9-12/h3-11H,2H2,1H3. The molecule has 0 heterocycles. The summed E-state index contributed by atoms with van der Waals surface area (Å²) in [6.07, 6.45) is 0. The lowest BCUT2D eigenvalue weighted by Crippen LogP contribution is -2.22. The van der Waals surface area contributed by atoms with Gasteiger partial charge in [0.25, 0.3) is 0 Å². The molecule has 0 saturated carbocycles. The smallest absolute Gasteiger partial charge is 0.422 e. The Morgan fingerprint density at radius 3 is 2.18 bits per heavy atom. The minimum atomic E-state index is -0.779. The van der Waals surface area contributed by atoms with Gasteiger partial charge in [0.2, 0.25) is 0 Å². The van der Waals surface area contributed by atoms with Crippen molar-refractivity contribution in [3.05, 3.63) is 76.8 Å². The molecule has 0 aliphatic heterocycles. The predicted octanol–water partition coefficient (Wildman–Crippen LogP) is 2.50. The first-order valence-corrected chi connectivity index (χ1v) is 6.77. The summed E-state index contributed by atoms with van der Waals surface area (Å²) in [6, 6.07) is 15.1. The van der Waals surface area contributed by atoms with Gasteiger partial charge in [0.15, 0.2) is 5.78 Å². The van der Waals surface area contributed by atoms with E-state index in [1.807, 2.05) is 6.07 Å². The Bertz CT molecular complexity index is 748. The average molecular weight is 294 g/mol. The molecule has 0 spiro atoms. The minimum absolute atomic E-state index is 0.145. The molecule has 0 bridgehead atoms. The van der Waals surface area contributed by atoms with E-state index in [4.69, 9.17) is 10.3 Å². The molecule has 110 valence electrons. The van der Waals surface area contributed by atoms with Gasteiger partial charge < -0.3 is 10.3 Å². The van der Waals surface area contributed by atoms with Gasteiger partial charge in [0.1, 0.15) is 0 Å². The minimum Gasteiger partial charge on any atom is -0.457 e. The molecule has 2 rings (SSSR count). The zero-order chi connectivity index (χ0) is 15.9. The number of rotatable bonds is 5. The third-order valence-electron chi connectivity index (χ3n) is 3.03. The summed E-state index contributed by atoms with van der Waals surface area (Å²) in [4.78, 5) is 27.4. The highest BCUT2D eigenvalue weighted by atomic mass is 16.5. The van der Waals surface area contributed by atoms with Crippen molar-refractivity contribution in [1.29, 1.82) is 0 Å². The molecule has 5 nitrogen and oxygen atoms in total. The van der Waals surface area contributed by atoms with Crippen LogP contribution in [-0.2, 0) is 9.53 Å². The summed E-state index contributed by atoms with van der Waals surface area (Å²) in [7, 11) is 0. The third kappa shape index (κ3) is 3.16. The van der Waals surface area contributed by atoms with Gasteiger partial charge in [-0.15, -0.1) is 0 Å². The average Bonchev–Trinajstić information content (AvgIpc) is 2.56. The molecule has 0 saturated heterocycles. The highest BCUT2D eigenvalue weighted by molar-refractivity contribution is 6.42. The van der Waals surface area contributed by atoms with Crippen molar-refractivity contribution in [3.63, 3.8) is 0 Å². The SMILES string of the molecule is CCOC(=O)C(=[N+]=[N-])c1ccccc1C(=O)c1ccccc1. The van der Waals surface area contributed by atoms with Crippen LogP contribution in [0.25, 0.3) is 5.53 Å². The van der Waals surface area contributed by atoms with Crippen LogP contribution in [0.2, 0.25) is 0 Å². The van der Waals surface area contributed by atoms with Crippen LogP contribution in [0.4, 0.5) is 0 Å². The first-order chi connectivity index (χ1) is 10.7. The van der Waals surface area contributed by atoms with Crippen molar-refractivity contribution in [2.24, 2.45) is 0 Å². The molecule has 0 aliphatic carbocycles. The Morgan fingerprint density at radius 1 is 1.00 bits per heavy atom.